The van der Waals surface area contributed by atoms with Crippen LogP contribution in [0.2, 0.25) is 0 Å². The van der Waals surface area contributed by atoms with Crippen molar-refractivity contribution < 1.29 is 13.5 Å². The third-order valence-corrected chi connectivity index (χ3v) is 1.12. The molecule has 1 aromatic rings. The van der Waals surface area contributed by atoms with Crippen LogP contribution in [0.1, 0.15) is 6.55 Å². The highest BCUT2D eigenvalue weighted by molar-refractivity contribution is 5.45. The number of rotatable bonds is 2. The third-order valence-electron chi connectivity index (χ3n) is 1.12. The number of halogens is 2. The molecule has 1 rings (SSSR count). The Labute approximate surface area is 61.6 Å². The number of alkyl halides is 2. The summed E-state index contributed by atoms with van der Waals surface area (Å²) in [5.74, 6) is 0.0188. The second kappa shape index (κ2) is 2.73. The number of nitrogens with two attached hydrogens (primary N) is 1. The van der Waals surface area contributed by atoms with E-state index in [2.05, 4.69) is 9.84 Å². The molecule has 6 heteroatoms. The summed E-state index contributed by atoms with van der Waals surface area (Å²) in [6.45, 7) is -2.68. The Kier molecular flexibility index (Phi) is 1.93. The van der Waals surface area contributed by atoms with E-state index in [1.807, 2.05) is 0 Å². The molecule has 4 nitrogen and oxygen atoms in total. The van der Waals surface area contributed by atoms with Crippen LogP contribution in [0.5, 0.6) is 5.88 Å². The molecule has 0 aromatic carbocycles. The maximum absolute atomic E-state index is 11.9. The number of hydrogen-bond donors (Lipinski definition) is 1. The molecule has 0 spiro atoms. The van der Waals surface area contributed by atoms with Gasteiger partial charge in [0.2, 0.25) is 0 Å². The summed E-state index contributed by atoms with van der Waals surface area (Å²) in [5.41, 5.74) is 5.35. The van der Waals surface area contributed by atoms with Gasteiger partial charge in [0, 0.05) is 0 Å². The summed E-state index contributed by atoms with van der Waals surface area (Å²) >= 11 is 0. The molecular weight excluding hydrogens is 156 g/mol. The first-order valence-electron chi connectivity index (χ1n) is 2.82. The number of nitrogens with zero attached hydrogens (tertiary/aromatic N) is 2. The highest BCUT2D eigenvalue weighted by Gasteiger charge is 2.11. The average Bonchev–Trinajstić information content (AvgIpc) is 2.31. The van der Waals surface area contributed by atoms with E-state index in [1.54, 1.807) is 0 Å². The fraction of sp³-hybridized carbons (Fsp3) is 0.400. The zero-order valence-corrected chi connectivity index (χ0v) is 5.79. The van der Waals surface area contributed by atoms with Crippen LogP contribution in [0.4, 0.5) is 14.5 Å². The van der Waals surface area contributed by atoms with Gasteiger partial charge in [-0.2, -0.15) is 8.78 Å². The van der Waals surface area contributed by atoms with Crippen LogP contribution in [0.15, 0.2) is 6.20 Å². The fourth-order valence-electron chi connectivity index (χ4n) is 0.648. The maximum atomic E-state index is 11.9. The van der Waals surface area contributed by atoms with Crippen molar-refractivity contribution in [3.63, 3.8) is 0 Å². The smallest absolute Gasteiger partial charge is 0.333 e. The molecule has 62 valence electrons. The van der Waals surface area contributed by atoms with Gasteiger partial charge >= 0.3 is 6.55 Å². The van der Waals surface area contributed by atoms with E-state index < -0.39 is 6.55 Å². The van der Waals surface area contributed by atoms with E-state index in [1.165, 1.54) is 7.11 Å². The Morgan fingerprint density at radius 1 is 1.73 bits per heavy atom. The van der Waals surface area contributed by atoms with Crippen molar-refractivity contribution in [2.45, 2.75) is 6.55 Å². The van der Waals surface area contributed by atoms with Crippen LogP contribution in [-0.4, -0.2) is 16.9 Å². The van der Waals surface area contributed by atoms with Gasteiger partial charge in [0.25, 0.3) is 5.88 Å². The molecule has 0 saturated heterocycles. The Morgan fingerprint density at radius 2 is 2.36 bits per heavy atom. The standard InChI is InChI=1S/C5H7F2N3O/c1-11-4-3(8)2-10(9-4)5(6)7/h2,5H,8H2,1H3. The number of aromatic nitrogens is 2. The lowest BCUT2D eigenvalue weighted by atomic mass is 10.6. The average molecular weight is 163 g/mol. The van der Waals surface area contributed by atoms with Crippen LogP contribution < -0.4 is 10.5 Å². The van der Waals surface area contributed by atoms with Gasteiger partial charge in [-0.1, -0.05) is 0 Å². The highest BCUT2D eigenvalue weighted by atomic mass is 19.3. The molecule has 0 amide bonds. The number of anilines is 1. The SMILES string of the molecule is COc1nn(C(F)F)cc1N. The number of ether oxygens (including phenoxy) is 1. The summed E-state index contributed by atoms with van der Waals surface area (Å²) < 4.78 is 28.8. The van der Waals surface area contributed by atoms with Crippen molar-refractivity contribution in [1.29, 1.82) is 0 Å². The molecule has 0 saturated carbocycles. The normalized spacial score (nSPS) is 10.5. The van der Waals surface area contributed by atoms with Crippen LogP contribution >= 0.6 is 0 Å². The molecule has 0 fully saturated rings. The van der Waals surface area contributed by atoms with Crippen molar-refractivity contribution in [3.05, 3.63) is 6.20 Å². The lowest BCUT2D eigenvalue weighted by molar-refractivity contribution is 0.0554. The van der Waals surface area contributed by atoms with Gasteiger partial charge in [0.15, 0.2) is 0 Å². The molecule has 0 aliphatic rings. The molecular formula is C5H7F2N3O. The Bertz CT molecular complexity index is 248. The maximum Gasteiger partial charge on any atom is 0.333 e. The molecule has 0 aliphatic carbocycles. The molecule has 0 aliphatic heterocycles. The van der Waals surface area contributed by atoms with E-state index in [0.717, 1.165) is 6.20 Å². The van der Waals surface area contributed by atoms with Gasteiger partial charge in [-0.25, -0.2) is 4.68 Å². The lowest BCUT2D eigenvalue weighted by Crippen LogP contribution is -1.98. The van der Waals surface area contributed by atoms with Gasteiger partial charge in [0.05, 0.1) is 13.3 Å². The van der Waals surface area contributed by atoms with Crippen molar-refractivity contribution in [2.75, 3.05) is 12.8 Å². The van der Waals surface area contributed by atoms with Crippen LogP contribution in [0.25, 0.3) is 0 Å². The molecule has 0 unspecified atom stereocenters. The molecule has 2 N–H and O–H groups in total. The van der Waals surface area contributed by atoms with Crippen molar-refractivity contribution in [3.8, 4) is 5.88 Å². The van der Waals surface area contributed by atoms with Crippen LogP contribution in [-0.2, 0) is 0 Å². The number of hydrogen-bond acceptors (Lipinski definition) is 3. The van der Waals surface area contributed by atoms with Gasteiger partial charge in [-0.3, -0.25) is 0 Å². The second-order valence-electron chi connectivity index (χ2n) is 1.85. The summed E-state index contributed by atoms with van der Waals surface area (Å²) in [7, 11) is 1.31. The third kappa shape index (κ3) is 1.39. The zero-order valence-electron chi connectivity index (χ0n) is 5.79. The summed E-state index contributed by atoms with van der Waals surface area (Å²) in [6, 6.07) is 0. The lowest BCUT2D eigenvalue weighted by Gasteiger charge is -1.95. The molecule has 1 aromatic heterocycles. The minimum atomic E-state index is -2.68. The zero-order chi connectivity index (χ0) is 8.43. The second-order valence-corrected chi connectivity index (χ2v) is 1.85. The van der Waals surface area contributed by atoms with Gasteiger partial charge < -0.3 is 10.5 Å². The first-order chi connectivity index (χ1) is 5.15. The first-order valence-corrected chi connectivity index (χ1v) is 2.82. The van der Waals surface area contributed by atoms with Crippen molar-refractivity contribution in [2.24, 2.45) is 0 Å². The van der Waals surface area contributed by atoms with Crippen LogP contribution in [0, 0.1) is 0 Å². The number of nitrogen functional groups attached to an aromatic ring is 1. The van der Waals surface area contributed by atoms with Crippen LogP contribution in [0.3, 0.4) is 0 Å². The minimum Gasteiger partial charge on any atom is -0.478 e. The van der Waals surface area contributed by atoms with E-state index in [4.69, 9.17) is 5.73 Å². The van der Waals surface area contributed by atoms with E-state index in [-0.39, 0.29) is 11.6 Å². The van der Waals surface area contributed by atoms with Gasteiger partial charge in [0.1, 0.15) is 5.69 Å². The summed E-state index contributed by atoms with van der Waals surface area (Å²) in [6.07, 6.45) is 1.02. The predicted octanol–water partition coefficient (Wildman–Crippen LogP) is 0.869. The quantitative estimate of drug-likeness (QED) is 0.703. The Balaban J connectivity index is 2.95. The van der Waals surface area contributed by atoms with Gasteiger partial charge in [-0.05, 0) is 0 Å². The van der Waals surface area contributed by atoms with Crippen molar-refractivity contribution >= 4 is 5.69 Å². The number of methoxy groups -OCH3 is 1. The van der Waals surface area contributed by atoms with E-state index in [0.29, 0.717) is 4.68 Å². The monoisotopic (exact) mass is 163 g/mol. The molecule has 0 radical (unpaired) electrons. The van der Waals surface area contributed by atoms with E-state index >= 15 is 0 Å². The Hall–Kier alpha value is -1.33. The summed E-state index contributed by atoms with van der Waals surface area (Å²) in [5, 5.41) is 3.35. The first kappa shape index (κ1) is 7.77. The Morgan fingerprint density at radius 3 is 2.64 bits per heavy atom. The largest absolute Gasteiger partial charge is 0.478 e. The molecule has 11 heavy (non-hydrogen) atoms. The highest BCUT2D eigenvalue weighted by Crippen LogP contribution is 2.20. The topological polar surface area (TPSA) is 53.1 Å². The molecule has 1 heterocycles. The van der Waals surface area contributed by atoms with E-state index in [9.17, 15) is 8.78 Å². The molecule has 0 atom stereocenters. The fourth-order valence-corrected chi connectivity index (χ4v) is 0.648. The van der Waals surface area contributed by atoms with Crippen molar-refractivity contribution in [1.82, 2.24) is 9.78 Å². The molecule has 0 bridgehead atoms. The predicted molar refractivity (Wildman–Crippen MR) is 34.4 cm³/mol. The summed E-state index contributed by atoms with van der Waals surface area (Å²) in [4.78, 5) is 0. The van der Waals surface area contributed by atoms with Gasteiger partial charge in [-0.15, -0.1) is 5.10 Å². The minimum absolute atomic E-state index is 0.0188.